The number of aliphatic carboxylic acids is 1. The maximum Gasteiger partial charge on any atom is 0.320 e. The molecule has 0 aromatic rings. The molecule has 5 heteroatoms. The van der Waals surface area contributed by atoms with Crippen LogP contribution in [0.25, 0.3) is 0 Å². The fourth-order valence-corrected chi connectivity index (χ4v) is 1.50. The molecule has 0 bridgehead atoms. The van der Waals surface area contributed by atoms with Crippen LogP contribution in [0.1, 0.15) is 46.0 Å². The van der Waals surface area contributed by atoms with Crippen molar-refractivity contribution in [2.24, 2.45) is 5.73 Å². The van der Waals surface area contributed by atoms with Crippen LogP contribution in [-0.2, 0) is 9.59 Å². The molecule has 0 radical (unpaired) electrons. The summed E-state index contributed by atoms with van der Waals surface area (Å²) in [6, 6.07) is -0.534. The zero-order valence-corrected chi connectivity index (χ0v) is 10.0. The lowest BCUT2D eigenvalue weighted by Crippen LogP contribution is -2.42. The number of unbranched alkanes of at least 4 members (excludes halogenated alkanes) is 1. The number of carbonyl (C=O) groups is 2. The largest absolute Gasteiger partial charge is 0.480 e. The molecule has 0 aromatic heterocycles. The molecule has 0 aliphatic heterocycles. The average molecular weight is 230 g/mol. The fraction of sp³-hybridized carbons (Fsp3) is 0.818. The Bertz CT molecular complexity index is 231. The van der Waals surface area contributed by atoms with Gasteiger partial charge in [0.2, 0.25) is 5.91 Å². The zero-order valence-electron chi connectivity index (χ0n) is 10.0. The summed E-state index contributed by atoms with van der Waals surface area (Å²) in [6.45, 7) is 4.05. The SMILES string of the molecule is CCCCC(C)N[C@@H](CCC(N)=O)C(=O)O. The molecular formula is C11H22N2O3. The molecular weight excluding hydrogens is 208 g/mol. The second kappa shape index (κ2) is 8.10. The first-order valence-corrected chi connectivity index (χ1v) is 5.74. The molecule has 94 valence electrons. The Morgan fingerprint density at radius 3 is 2.44 bits per heavy atom. The molecule has 0 aliphatic rings. The molecule has 2 atom stereocenters. The minimum atomic E-state index is -0.926. The highest BCUT2D eigenvalue weighted by Gasteiger charge is 2.19. The van der Waals surface area contributed by atoms with Gasteiger partial charge in [-0.2, -0.15) is 0 Å². The summed E-state index contributed by atoms with van der Waals surface area (Å²) < 4.78 is 0. The van der Waals surface area contributed by atoms with Gasteiger partial charge >= 0.3 is 5.97 Å². The van der Waals surface area contributed by atoms with Gasteiger partial charge in [0.05, 0.1) is 0 Å². The van der Waals surface area contributed by atoms with E-state index in [-0.39, 0.29) is 18.9 Å². The predicted octanol–water partition coefficient (Wildman–Crippen LogP) is 0.873. The molecule has 0 saturated heterocycles. The van der Waals surface area contributed by atoms with Crippen LogP contribution in [0.4, 0.5) is 0 Å². The summed E-state index contributed by atoms with van der Waals surface area (Å²) in [5, 5.41) is 11.9. The summed E-state index contributed by atoms with van der Waals surface area (Å²) in [6.07, 6.45) is 3.45. The van der Waals surface area contributed by atoms with Gasteiger partial charge in [-0.1, -0.05) is 19.8 Å². The van der Waals surface area contributed by atoms with Gasteiger partial charge in [0.15, 0.2) is 0 Å². The highest BCUT2D eigenvalue weighted by atomic mass is 16.4. The minimum Gasteiger partial charge on any atom is -0.480 e. The Balaban J connectivity index is 4.01. The van der Waals surface area contributed by atoms with Crippen LogP contribution in [0.15, 0.2) is 0 Å². The molecule has 1 unspecified atom stereocenters. The third-order valence-corrected chi connectivity index (χ3v) is 2.45. The van der Waals surface area contributed by atoms with Gasteiger partial charge in [-0.15, -0.1) is 0 Å². The first kappa shape index (κ1) is 14.9. The number of nitrogens with one attached hydrogen (secondary N) is 1. The van der Waals surface area contributed by atoms with Crippen LogP contribution in [-0.4, -0.2) is 29.1 Å². The van der Waals surface area contributed by atoms with Crippen molar-refractivity contribution in [3.8, 4) is 0 Å². The summed E-state index contributed by atoms with van der Waals surface area (Å²) in [5.74, 6) is -1.39. The van der Waals surface area contributed by atoms with Crippen molar-refractivity contribution < 1.29 is 14.7 Å². The van der Waals surface area contributed by atoms with Crippen molar-refractivity contribution >= 4 is 11.9 Å². The lowest BCUT2D eigenvalue weighted by atomic mass is 10.1. The number of hydrogen-bond donors (Lipinski definition) is 3. The second-order valence-electron chi connectivity index (χ2n) is 4.11. The Morgan fingerprint density at radius 2 is 2.00 bits per heavy atom. The maximum atomic E-state index is 10.9. The van der Waals surface area contributed by atoms with Crippen molar-refractivity contribution in [2.75, 3.05) is 0 Å². The van der Waals surface area contributed by atoms with Crippen molar-refractivity contribution in [1.82, 2.24) is 5.32 Å². The number of carboxylic acid groups (broad SMARTS) is 1. The fourth-order valence-electron chi connectivity index (χ4n) is 1.50. The van der Waals surface area contributed by atoms with E-state index in [1.165, 1.54) is 0 Å². The molecule has 0 heterocycles. The van der Waals surface area contributed by atoms with Crippen molar-refractivity contribution in [3.63, 3.8) is 0 Å². The first-order valence-electron chi connectivity index (χ1n) is 5.74. The van der Waals surface area contributed by atoms with Crippen molar-refractivity contribution in [1.29, 1.82) is 0 Å². The molecule has 0 rings (SSSR count). The molecule has 0 aliphatic carbocycles. The van der Waals surface area contributed by atoms with Gasteiger partial charge in [0.25, 0.3) is 0 Å². The van der Waals surface area contributed by atoms with Gasteiger partial charge < -0.3 is 16.2 Å². The Kier molecular flexibility index (Phi) is 7.54. The standard InChI is InChI=1S/C11H22N2O3/c1-3-4-5-8(2)13-9(11(15)16)6-7-10(12)14/h8-9,13H,3-7H2,1-2H3,(H2,12,14)(H,15,16)/t8?,9-/m0/s1. The van der Waals surface area contributed by atoms with E-state index in [1.807, 2.05) is 6.92 Å². The number of amides is 1. The molecule has 0 saturated carbocycles. The second-order valence-corrected chi connectivity index (χ2v) is 4.11. The molecule has 5 nitrogen and oxygen atoms in total. The van der Waals surface area contributed by atoms with Crippen molar-refractivity contribution in [2.45, 2.75) is 58.0 Å². The average Bonchev–Trinajstić information content (AvgIpc) is 2.20. The van der Waals surface area contributed by atoms with E-state index in [0.29, 0.717) is 0 Å². The number of primary amides is 1. The lowest BCUT2D eigenvalue weighted by Gasteiger charge is -2.19. The van der Waals surface area contributed by atoms with Crippen LogP contribution in [0.5, 0.6) is 0 Å². The zero-order chi connectivity index (χ0) is 12.6. The summed E-state index contributed by atoms with van der Waals surface area (Å²) >= 11 is 0. The van der Waals surface area contributed by atoms with E-state index < -0.39 is 17.9 Å². The molecule has 1 amide bonds. The molecule has 0 aromatic carbocycles. The van der Waals surface area contributed by atoms with Crippen molar-refractivity contribution in [3.05, 3.63) is 0 Å². The van der Waals surface area contributed by atoms with Gasteiger partial charge in [-0.05, 0) is 19.8 Å². The Labute approximate surface area is 96.4 Å². The third kappa shape index (κ3) is 7.23. The molecule has 16 heavy (non-hydrogen) atoms. The molecule has 4 N–H and O–H groups in total. The number of nitrogens with two attached hydrogens (primary N) is 1. The van der Waals surface area contributed by atoms with E-state index in [9.17, 15) is 9.59 Å². The summed E-state index contributed by atoms with van der Waals surface area (Å²) in [4.78, 5) is 21.5. The quantitative estimate of drug-likeness (QED) is 0.548. The number of rotatable bonds is 9. The maximum absolute atomic E-state index is 10.9. The number of hydrogen-bond acceptors (Lipinski definition) is 3. The molecule has 0 spiro atoms. The van der Waals surface area contributed by atoms with E-state index in [2.05, 4.69) is 12.2 Å². The highest BCUT2D eigenvalue weighted by molar-refractivity contribution is 5.77. The third-order valence-electron chi connectivity index (χ3n) is 2.45. The van der Waals surface area contributed by atoms with Crippen LogP contribution in [0.3, 0.4) is 0 Å². The highest BCUT2D eigenvalue weighted by Crippen LogP contribution is 2.04. The van der Waals surface area contributed by atoms with Gasteiger partial charge in [-0.25, -0.2) is 0 Å². The number of carboxylic acids is 1. The topological polar surface area (TPSA) is 92.4 Å². The smallest absolute Gasteiger partial charge is 0.320 e. The van der Waals surface area contributed by atoms with Crippen LogP contribution < -0.4 is 11.1 Å². The Morgan fingerprint density at radius 1 is 1.38 bits per heavy atom. The van der Waals surface area contributed by atoms with E-state index >= 15 is 0 Å². The summed E-state index contributed by atoms with van der Waals surface area (Å²) in [7, 11) is 0. The Hall–Kier alpha value is -1.10. The van der Waals surface area contributed by atoms with E-state index in [1.54, 1.807) is 0 Å². The molecule has 0 fully saturated rings. The van der Waals surface area contributed by atoms with E-state index in [4.69, 9.17) is 10.8 Å². The van der Waals surface area contributed by atoms with Gasteiger partial charge in [0, 0.05) is 12.5 Å². The van der Waals surface area contributed by atoms with Gasteiger partial charge in [-0.3, -0.25) is 9.59 Å². The van der Waals surface area contributed by atoms with E-state index in [0.717, 1.165) is 19.3 Å². The number of carbonyl (C=O) groups excluding carboxylic acids is 1. The summed E-state index contributed by atoms with van der Waals surface area (Å²) in [5.41, 5.74) is 4.99. The van der Waals surface area contributed by atoms with Crippen LogP contribution in [0.2, 0.25) is 0 Å². The lowest BCUT2D eigenvalue weighted by molar-refractivity contribution is -0.140. The first-order chi connectivity index (χ1) is 7.47. The minimum absolute atomic E-state index is 0.102. The van der Waals surface area contributed by atoms with Gasteiger partial charge in [0.1, 0.15) is 6.04 Å². The predicted molar refractivity (Wildman–Crippen MR) is 62.0 cm³/mol. The van der Waals surface area contributed by atoms with Crippen LogP contribution >= 0.6 is 0 Å². The van der Waals surface area contributed by atoms with Crippen LogP contribution in [0, 0.1) is 0 Å². The monoisotopic (exact) mass is 230 g/mol. The normalized spacial score (nSPS) is 14.4.